The van der Waals surface area contributed by atoms with E-state index in [2.05, 4.69) is 16.6 Å². The Bertz CT molecular complexity index is 913. The molecule has 2 aromatic carbocycles. The topological polar surface area (TPSA) is 49.4 Å². The van der Waals surface area contributed by atoms with Gasteiger partial charge in [-0.1, -0.05) is 41.7 Å². The number of rotatable bonds is 4. The van der Waals surface area contributed by atoms with Gasteiger partial charge in [-0.25, -0.2) is 8.42 Å². The average Bonchev–Trinajstić information content (AvgIpc) is 2.50. The highest BCUT2D eigenvalue weighted by atomic mass is 32.2. The normalized spacial score (nSPS) is 10.9. The number of anilines is 1. The van der Waals surface area contributed by atoms with E-state index in [1.54, 1.807) is 0 Å². The fourth-order valence-corrected chi connectivity index (χ4v) is 4.27. The number of hydrogen-bond donors (Lipinski definition) is 1. The number of aryl methyl sites for hydroxylation is 3. The molecule has 2 aromatic rings. The number of para-hydroxylation sites is 1. The summed E-state index contributed by atoms with van der Waals surface area (Å²) >= 11 is 0. The smallest absolute Gasteiger partial charge is 0.241 e. The van der Waals surface area contributed by atoms with E-state index in [9.17, 15) is 8.42 Å². The molecule has 0 spiro atoms. The molecule has 0 atom stereocenters. The molecule has 1 N–H and O–H groups in total. The predicted molar refractivity (Wildman–Crippen MR) is 103 cm³/mol. The van der Waals surface area contributed by atoms with E-state index in [0.717, 1.165) is 27.9 Å². The van der Waals surface area contributed by atoms with Crippen molar-refractivity contribution in [1.82, 2.24) is 4.72 Å². The summed E-state index contributed by atoms with van der Waals surface area (Å²) in [5, 5.41) is 0. The van der Waals surface area contributed by atoms with Crippen molar-refractivity contribution in [2.45, 2.75) is 25.7 Å². The zero-order chi connectivity index (χ0) is 18.6. The molecule has 0 unspecified atom stereocenters. The molecule has 0 aliphatic rings. The third-order valence-corrected chi connectivity index (χ3v) is 5.54. The first-order valence-electron chi connectivity index (χ1n) is 8.05. The molecule has 132 valence electrons. The summed E-state index contributed by atoms with van der Waals surface area (Å²) in [7, 11) is 0.319. The van der Waals surface area contributed by atoms with Gasteiger partial charge in [0, 0.05) is 19.7 Å². The second-order valence-electron chi connectivity index (χ2n) is 6.27. The quantitative estimate of drug-likeness (QED) is 0.857. The van der Waals surface area contributed by atoms with Crippen LogP contribution in [0.4, 0.5) is 5.69 Å². The molecular formula is C20H24N2O2S. The molecule has 0 aliphatic carbocycles. The fourth-order valence-electron chi connectivity index (χ4n) is 2.90. The monoisotopic (exact) mass is 356 g/mol. The first-order valence-corrected chi connectivity index (χ1v) is 9.53. The molecular weight excluding hydrogens is 332 g/mol. The molecule has 0 fully saturated rings. The van der Waals surface area contributed by atoms with Gasteiger partial charge >= 0.3 is 0 Å². The summed E-state index contributed by atoms with van der Waals surface area (Å²) in [6.45, 7) is 5.65. The standard InChI is InChI=1S/C20H24N2O2S/c1-15-13-16(2)20(17(3)14-15)25(23,24)21-12-8-10-18-9-6-7-11-19(18)22(4)5/h6-7,9,11,13-14,21H,12H2,1-5H3. The van der Waals surface area contributed by atoms with Crippen LogP contribution in [0, 0.1) is 32.6 Å². The highest BCUT2D eigenvalue weighted by Crippen LogP contribution is 2.21. The molecule has 0 amide bonds. The summed E-state index contributed by atoms with van der Waals surface area (Å²) in [6.07, 6.45) is 0. The minimum absolute atomic E-state index is 0.0663. The van der Waals surface area contributed by atoms with E-state index in [4.69, 9.17) is 0 Å². The Hall–Kier alpha value is -2.29. The van der Waals surface area contributed by atoms with Crippen molar-refractivity contribution < 1.29 is 8.42 Å². The Labute approximate surface area is 150 Å². The number of nitrogens with zero attached hydrogens (tertiary/aromatic N) is 1. The Morgan fingerprint density at radius 1 is 1.04 bits per heavy atom. The zero-order valence-corrected chi connectivity index (χ0v) is 16.2. The Morgan fingerprint density at radius 2 is 1.64 bits per heavy atom. The minimum atomic E-state index is -3.58. The summed E-state index contributed by atoms with van der Waals surface area (Å²) in [6, 6.07) is 11.5. The van der Waals surface area contributed by atoms with Crippen LogP contribution in [0.3, 0.4) is 0 Å². The van der Waals surface area contributed by atoms with Gasteiger partial charge in [0.05, 0.1) is 17.1 Å². The van der Waals surface area contributed by atoms with Crippen LogP contribution in [0.25, 0.3) is 0 Å². The number of sulfonamides is 1. The van der Waals surface area contributed by atoms with Crippen LogP contribution in [-0.4, -0.2) is 29.1 Å². The van der Waals surface area contributed by atoms with Crippen molar-refractivity contribution in [2.24, 2.45) is 0 Å². The van der Waals surface area contributed by atoms with Crippen molar-refractivity contribution in [1.29, 1.82) is 0 Å². The lowest BCUT2D eigenvalue weighted by Gasteiger charge is -2.14. The molecule has 25 heavy (non-hydrogen) atoms. The average molecular weight is 356 g/mol. The Morgan fingerprint density at radius 3 is 2.24 bits per heavy atom. The Kier molecular flexibility index (Phi) is 5.89. The molecule has 0 heterocycles. The molecule has 0 bridgehead atoms. The highest BCUT2D eigenvalue weighted by molar-refractivity contribution is 7.89. The van der Waals surface area contributed by atoms with Gasteiger partial charge < -0.3 is 4.90 Å². The SMILES string of the molecule is Cc1cc(C)c(S(=O)(=O)NCC#Cc2ccccc2N(C)C)c(C)c1. The largest absolute Gasteiger partial charge is 0.377 e. The lowest BCUT2D eigenvalue weighted by atomic mass is 10.1. The van der Waals surface area contributed by atoms with E-state index in [0.29, 0.717) is 4.90 Å². The van der Waals surface area contributed by atoms with E-state index >= 15 is 0 Å². The lowest BCUT2D eigenvalue weighted by Crippen LogP contribution is -2.25. The van der Waals surface area contributed by atoms with Crippen molar-refractivity contribution in [3.63, 3.8) is 0 Å². The van der Waals surface area contributed by atoms with Crippen LogP contribution in [0.15, 0.2) is 41.3 Å². The van der Waals surface area contributed by atoms with Crippen molar-refractivity contribution >= 4 is 15.7 Å². The van der Waals surface area contributed by atoms with Crippen LogP contribution in [0.1, 0.15) is 22.3 Å². The third kappa shape index (κ3) is 4.62. The van der Waals surface area contributed by atoms with Gasteiger partial charge in [0.1, 0.15) is 0 Å². The van der Waals surface area contributed by atoms with Gasteiger partial charge in [-0.2, -0.15) is 4.72 Å². The molecule has 0 saturated heterocycles. The van der Waals surface area contributed by atoms with Gasteiger partial charge in [0.15, 0.2) is 0 Å². The second kappa shape index (κ2) is 7.73. The molecule has 0 saturated carbocycles. The van der Waals surface area contributed by atoms with E-state index in [-0.39, 0.29) is 6.54 Å². The predicted octanol–water partition coefficient (Wildman–Crippen LogP) is 3.01. The van der Waals surface area contributed by atoms with E-state index in [1.165, 1.54) is 0 Å². The highest BCUT2D eigenvalue weighted by Gasteiger charge is 2.18. The van der Waals surface area contributed by atoms with E-state index in [1.807, 2.05) is 76.2 Å². The molecule has 0 aromatic heterocycles. The Balaban J connectivity index is 2.18. The van der Waals surface area contributed by atoms with Gasteiger partial charge in [-0.15, -0.1) is 0 Å². The van der Waals surface area contributed by atoms with Crippen LogP contribution < -0.4 is 9.62 Å². The van der Waals surface area contributed by atoms with E-state index < -0.39 is 10.0 Å². The molecule has 0 radical (unpaired) electrons. The number of benzene rings is 2. The third-order valence-electron chi connectivity index (χ3n) is 3.83. The van der Waals surface area contributed by atoms with Gasteiger partial charge in [-0.05, 0) is 44.0 Å². The molecule has 2 rings (SSSR count). The first kappa shape index (κ1) is 19.0. The summed E-state index contributed by atoms with van der Waals surface area (Å²) in [5.74, 6) is 5.94. The molecule has 5 heteroatoms. The molecule has 4 nitrogen and oxygen atoms in total. The summed E-state index contributed by atoms with van der Waals surface area (Å²) in [4.78, 5) is 2.32. The maximum Gasteiger partial charge on any atom is 0.241 e. The van der Waals surface area contributed by atoms with Crippen molar-refractivity contribution in [2.75, 3.05) is 25.5 Å². The van der Waals surface area contributed by atoms with Crippen LogP contribution in [-0.2, 0) is 10.0 Å². The summed E-state index contributed by atoms with van der Waals surface area (Å²) < 4.78 is 27.7. The zero-order valence-electron chi connectivity index (χ0n) is 15.3. The van der Waals surface area contributed by atoms with Crippen molar-refractivity contribution in [3.8, 4) is 11.8 Å². The maximum absolute atomic E-state index is 12.6. The van der Waals surface area contributed by atoms with Crippen LogP contribution >= 0.6 is 0 Å². The molecule has 0 aliphatic heterocycles. The summed E-state index contributed by atoms with van der Waals surface area (Å²) in [5.41, 5.74) is 4.42. The maximum atomic E-state index is 12.6. The van der Waals surface area contributed by atoms with Gasteiger partial charge in [0.25, 0.3) is 0 Å². The van der Waals surface area contributed by atoms with Gasteiger partial charge in [-0.3, -0.25) is 0 Å². The number of hydrogen-bond acceptors (Lipinski definition) is 3. The van der Waals surface area contributed by atoms with Crippen LogP contribution in [0.2, 0.25) is 0 Å². The van der Waals surface area contributed by atoms with Crippen molar-refractivity contribution in [3.05, 3.63) is 58.7 Å². The van der Waals surface area contributed by atoms with Gasteiger partial charge in [0.2, 0.25) is 10.0 Å². The second-order valence-corrected chi connectivity index (χ2v) is 7.97. The first-order chi connectivity index (χ1) is 11.7. The lowest BCUT2D eigenvalue weighted by molar-refractivity contribution is 0.585. The number of nitrogens with one attached hydrogen (secondary N) is 1. The van der Waals surface area contributed by atoms with Crippen LogP contribution in [0.5, 0.6) is 0 Å². The minimum Gasteiger partial charge on any atom is -0.377 e. The fraction of sp³-hybridized carbons (Fsp3) is 0.300.